The average Bonchev–Trinajstić information content (AvgIpc) is 2.30. The molecule has 0 aromatic heterocycles. The van der Waals surface area contributed by atoms with Crippen LogP contribution in [0, 0.1) is 0 Å². The molecule has 20 heavy (non-hydrogen) atoms. The fourth-order valence-corrected chi connectivity index (χ4v) is 1.84. The second-order valence-electron chi connectivity index (χ2n) is 5.53. The van der Waals surface area contributed by atoms with Crippen molar-refractivity contribution < 1.29 is 9.53 Å². The van der Waals surface area contributed by atoms with Crippen LogP contribution in [0.4, 0.5) is 10.5 Å². The van der Waals surface area contributed by atoms with E-state index in [9.17, 15) is 4.79 Å². The molecule has 0 saturated heterocycles. The van der Waals surface area contributed by atoms with Gasteiger partial charge in [-0.25, -0.2) is 4.79 Å². The summed E-state index contributed by atoms with van der Waals surface area (Å²) in [6.45, 7) is 7.80. The van der Waals surface area contributed by atoms with Crippen molar-refractivity contribution in [3.05, 3.63) is 28.2 Å². The molecule has 4 nitrogen and oxygen atoms in total. The lowest BCUT2D eigenvalue weighted by Gasteiger charge is -2.21. The summed E-state index contributed by atoms with van der Waals surface area (Å²) in [5.41, 5.74) is 0.231. The molecule has 1 rings (SSSR count). The van der Waals surface area contributed by atoms with E-state index in [1.165, 1.54) is 0 Å². The van der Waals surface area contributed by atoms with Gasteiger partial charge in [0, 0.05) is 12.6 Å². The van der Waals surface area contributed by atoms with Gasteiger partial charge >= 0.3 is 6.09 Å². The molecular weight excluding hydrogens is 299 g/mol. The van der Waals surface area contributed by atoms with Crippen LogP contribution in [0.15, 0.2) is 18.2 Å². The zero-order valence-electron chi connectivity index (χ0n) is 12.1. The van der Waals surface area contributed by atoms with Crippen LogP contribution in [-0.4, -0.2) is 24.3 Å². The Morgan fingerprint density at radius 2 is 2.00 bits per heavy atom. The van der Waals surface area contributed by atoms with E-state index in [-0.39, 0.29) is 6.04 Å². The summed E-state index contributed by atoms with van der Waals surface area (Å²) < 4.78 is 5.16. The third kappa shape index (κ3) is 5.88. The van der Waals surface area contributed by atoms with Crippen molar-refractivity contribution in [3.8, 4) is 0 Å². The topological polar surface area (TPSA) is 50.4 Å². The molecule has 1 unspecified atom stereocenters. The molecule has 6 heteroatoms. The summed E-state index contributed by atoms with van der Waals surface area (Å²) in [7, 11) is 0. The Balaban J connectivity index is 2.46. The second-order valence-corrected chi connectivity index (χ2v) is 6.31. The van der Waals surface area contributed by atoms with Gasteiger partial charge in [-0.2, -0.15) is 0 Å². The maximum atomic E-state index is 11.5. The Labute approximate surface area is 129 Å². The number of amides is 1. The van der Waals surface area contributed by atoms with E-state index in [0.717, 1.165) is 5.69 Å². The van der Waals surface area contributed by atoms with Crippen LogP contribution >= 0.6 is 23.2 Å². The molecule has 1 atom stereocenters. The summed E-state index contributed by atoms with van der Waals surface area (Å²) in [6, 6.07) is 5.35. The normalized spacial score (nSPS) is 12.7. The van der Waals surface area contributed by atoms with Crippen molar-refractivity contribution in [3.63, 3.8) is 0 Å². The SMILES string of the molecule is CC(CNC(=O)OC(C)(C)C)Nc1cccc(Cl)c1Cl. The number of alkyl carbamates (subject to hydrolysis) is 1. The fraction of sp³-hybridized carbons (Fsp3) is 0.500. The van der Waals surface area contributed by atoms with Gasteiger partial charge in [-0.3, -0.25) is 0 Å². The summed E-state index contributed by atoms with van der Waals surface area (Å²) >= 11 is 12.0. The molecule has 0 aliphatic heterocycles. The molecule has 0 saturated carbocycles. The van der Waals surface area contributed by atoms with Crippen LogP contribution < -0.4 is 10.6 Å². The van der Waals surface area contributed by atoms with Crippen LogP contribution in [-0.2, 0) is 4.74 Å². The van der Waals surface area contributed by atoms with Crippen LogP contribution in [0.2, 0.25) is 10.0 Å². The van der Waals surface area contributed by atoms with Crippen molar-refractivity contribution in [2.24, 2.45) is 0 Å². The standard InChI is InChI=1S/C14H20Cl2N2O2/c1-9(8-17-13(19)20-14(2,3)4)18-11-7-5-6-10(15)12(11)16/h5-7,9,18H,8H2,1-4H3,(H,17,19). The molecule has 0 spiro atoms. The summed E-state index contributed by atoms with van der Waals surface area (Å²) in [4.78, 5) is 11.5. The van der Waals surface area contributed by atoms with Gasteiger partial charge in [-0.1, -0.05) is 29.3 Å². The maximum absolute atomic E-state index is 11.5. The van der Waals surface area contributed by atoms with Crippen LogP contribution in [0.3, 0.4) is 0 Å². The number of ether oxygens (including phenoxy) is 1. The zero-order valence-corrected chi connectivity index (χ0v) is 13.6. The van der Waals surface area contributed by atoms with E-state index in [4.69, 9.17) is 27.9 Å². The molecular formula is C14H20Cl2N2O2. The number of hydrogen-bond donors (Lipinski definition) is 2. The van der Waals surface area contributed by atoms with Crippen LogP contribution in [0.1, 0.15) is 27.7 Å². The first-order chi connectivity index (χ1) is 9.19. The number of carbonyl (C=O) groups is 1. The van der Waals surface area contributed by atoms with Crippen molar-refractivity contribution in [1.29, 1.82) is 0 Å². The van der Waals surface area contributed by atoms with E-state index in [1.54, 1.807) is 6.07 Å². The molecule has 1 amide bonds. The maximum Gasteiger partial charge on any atom is 0.407 e. The van der Waals surface area contributed by atoms with E-state index >= 15 is 0 Å². The predicted molar refractivity (Wildman–Crippen MR) is 83.8 cm³/mol. The van der Waals surface area contributed by atoms with Gasteiger partial charge in [0.05, 0.1) is 15.7 Å². The number of hydrogen-bond acceptors (Lipinski definition) is 3. The minimum atomic E-state index is -0.503. The fourth-order valence-electron chi connectivity index (χ4n) is 1.48. The van der Waals surface area contributed by atoms with Gasteiger partial charge in [0.1, 0.15) is 5.60 Å². The van der Waals surface area contributed by atoms with E-state index in [0.29, 0.717) is 16.6 Å². The van der Waals surface area contributed by atoms with Crippen molar-refractivity contribution in [1.82, 2.24) is 5.32 Å². The minimum Gasteiger partial charge on any atom is -0.444 e. The van der Waals surface area contributed by atoms with E-state index < -0.39 is 11.7 Å². The summed E-state index contributed by atoms with van der Waals surface area (Å²) in [5.74, 6) is 0. The largest absolute Gasteiger partial charge is 0.444 e. The van der Waals surface area contributed by atoms with Crippen molar-refractivity contribution in [2.45, 2.75) is 39.3 Å². The van der Waals surface area contributed by atoms with Crippen LogP contribution in [0.5, 0.6) is 0 Å². The Bertz CT molecular complexity index is 473. The van der Waals surface area contributed by atoms with Gasteiger partial charge in [-0.15, -0.1) is 0 Å². The predicted octanol–water partition coefficient (Wildman–Crippen LogP) is 4.32. The van der Waals surface area contributed by atoms with E-state index in [2.05, 4.69) is 10.6 Å². The second kappa shape index (κ2) is 7.04. The average molecular weight is 319 g/mol. The molecule has 0 fully saturated rings. The highest BCUT2D eigenvalue weighted by Crippen LogP contribution is 2.29. The number of nitrogens with one attached hydrogen (secondary N) is 2. The van der Waals surface area contributed by atoms with E-state index in [1.807, 2.05) is 39.8 Å². The van der Waals surface area contributed by atoms with Crippen LogP contribution in [0.25, 0.3) is 0 Å². The number of halogens is 2. The highest BCUT2D eigenvalue weighted by atomic mass is 35.5. The molecule has 112 valence electrons. The highest BCUT2D eigenvalue weighted by molar-refractivity contribution is 6.43. The lowest BCUT2D eigenvalue weighted by molar-refractivity contribution is 0.0526. The number of carbonyl (C=O) groups excluding carboxylic acids is 1. The number of benzene rings is 1. The van der Waals surface area contributed by atoms with Gasteiger partial charge in [0.2, 0.25) is 0 Å². The summed E-state index contributed by atoms with van der Waals surface area (Å²) in [6.07, 6.45) is -0.441. The van der Waals surface area contributed by atoms with Crippen molar-refractivity contribution >= 4 is 35.0 Å². The lowest BCUT2D eigenvalue weighted by atomic mass is 10.2. The van der Waals surface area contributed by atoms with Gasteiger partial charge in [0.15, 0.2) is 0 Å². The minimum absolute atomic E-state index is 0.0153. The molecule has 0 aliphatic rings. The Kier molecular flexibility index (Phi) is 5.96. The van der Waals surface area contributed by atoms with Crippen molar-refractivity contribution in [2.75, 3.05) is 11.9 Å². The number of rotatable bonds is 4. The first-order valence-electron chi connectivity index (χ1n) is 6.36. The number of anilines is 1. The smallest absolute Gasteiger partial charge is 0.407 e. The van der Waals surface area contributed by atoms with Gasteiger partial charge < -0.3 is 15.4 Å². The highest BCUT2D eigenvalue weighted by Gasteiger charge is 2.16. The van der Waals surface area contributed by atoms with Gasteiger partial charge in [0.25, 0.3) is 0 Å². The quantitative estimate of drug-likeness (QED) is 0.869. The molecule has 0 bridgehead atoms. The molecule has 0 aliphatic carbocycles. The lowest BCUT2D eigenvalue weighted by Crippen LogP contribution is -2.38. The third-order valence-electron chi connectivity index (χ3n) is 2.30. The Morgan fingerprint density at radius 3 is 2.60 bits per heavy atom. The first-order valence-corrected chi connectivity index (χ1v) is 7.12. The molecule has 1 aromatic carbocycles. The van der Waals surface area contributed by atoms with Gasteiger partial charge in [-0.05, 0) is 39.8 Å². The first kappa shape index (κ1) is 16.9. The molecule has 1 aromatic rings. The third-order valence-corrected chi connectivity index (χ3v) is 3.12. The zero-order chi connectivity index (χ0) is 15.3. The molecule has 0 heterocycles. The molecule has 0 radical (unpaired) electrons. The Hall–Kier alpha value is -1.13. The summed E-state index contributed by atoms with van der Waals surface area (Å²) in [5, 5.41) is 6.84. The Morgan fingerprint density at radius 1 is 1.35 bits per heavy atom. The monoisotopic (exact) mass is 318 g/mol. The molecule has 2 N–H and O–H groups in total.